The van der Waals surface area contributed by atoms with Crippen LogP contribution in [0.2, 0.25) is 0 Å². The fourth-order valence-corrected chi connectivity index (χ4v) is 3.43. The highest BCUT2D eigenvalue weighted by Crippen LogP contribution is 2.31. The maximum Gasteiger partial charge on any atom is 0.159 e. The highest BCUT2D eigenvalue weighted by molar-refractivity contribution is 5.93. The van der Waals surface area contributed by atoms with Gasteiger partial charge in [-0.2, -0.15) is 5.10 Å². The topological polar surface area (TPSA) is 55.0 Å². The number of aryl methyl sites for hydroxylation is 1. The fraction of sp³-hybridized carbons (Fsp3) is 0.529. The van der Waals surface area contributed by atoms with Crippen molar-refractivity contribution in [3.63, 3.8) is 0 Å². The largest absolute Gasteiger partial charge is 0.350 e. The normalized spacial score (nSPS) is 16.3. The molecular formula is C17H24N4. The molecule has 1 saturated carbocycles. The van der Waals surface area contributed by atoms with Crippen molar-refractivity contribution in [3.05, 3.63) is 30.0 Å². The summed E-state index contributed by atoms with van der Waals surface area (Å²) >= 11 is 0. The Morgan fingerprint density at radius 3 is 2.52 bits per heavy atom. The summed E-state index contributed by atoms with van der Waals surface area (Å²) in [7, 11) is 0. The van der Waals surface area contributed by atoms with E-state index >= 15 is 0 Å². The van der Waals surface area contributed by atoms with Gasteiger partial charge >= 0.3 is 0 Å². The highest BCUT2D eigenvalue weighted by Gasteiger charge is 2.23. The molecule has 1 aromatic heterocycles. The Hall–Kier alpha value is -1.68. The highest BCUT2D eigenvalue weighted by atomic mass is 15.3. The fourth-order valence-electron chi connectivity index (χ4n) is 3.43. The minimum Gasteiger partial charge on any atom is -0.350 e. The average molecular weight is 284 g/mol. The second-order valence-corrected chi connectivity index (χ2v) is 5.93. The molecule has 0 unspecified atom stereocenters. The SMILES string of the molecule is Cc1nnc(N(CCN)C2CCCCC2)c2ccccc12. The molecular weight excluding hydrogens is 260 g/mol. The number of hydrogen-bond donors (Lipinski definition) is 1. The first-order valence-electron chi connectivity index (χ1n) is 8.00. The third-order valence-corrected chi connectivity index (χ3v) is 4.51. The van der Waals surface area contributed by atoms with Crippen LogP contribution in [0.5, 0.6) is 0 Å². The zero-order chi connectivity index (χ0) is 14.7. The molecule has 1 aromatic carbocycles. The number of hydrogen-bond acceptors (Lipinski definition) is 4. The van der Waals surface area contributed by atoms with Gasteiger partial charge in [-0.25, -0.2) is 0 Å². The molecule has 0 aliphatic heterocycles. The van der Waals surface area contributed by atoms with Crippen LogP contribution in [0.4, 0.5) is 5.82 Å². The number of aromatic nitrogens is 2. The smallest absolute Gasteiger partial charge is 0.159 e. The molecule has 4 nitrogen and oxygen atoms in total. The molecule has 0 atom stereocenters. The van der Waals surface area contributed by atoms with Crippen molar-refractivity contribution in [1.29, 1.82) is 0 Å². The first-order chi connectivity index (χ1) is 10.3. The van der Waals surface area contributed by atoms with Crippen LogP contribution in [0.3, 0.4) is 0 Å². The van der Waals surface area contributed by atoms with Crippen LogP contribution in [0.15, 0.2) is 24.3 Å². The number of nitrogens with two attached hydrogens (primary N) is 1. The third kappa shape index (κ3) is 2.86. The van der Waals surface area contributed by atoms with Crippen molar-refractivity contribution in [3.8, 4) is 0 Å². The first-order valence-corrected chi connectivity index (χ1v) is 8.00. The lowest BCUT2D eigenvalue weighted by Crippen LogP contribution is -2.41. The van der Waals surface area contributed by atoms with E-state index in [0.717, 1.165) is 18.1 Å². The van der Waals surface area contributed by atoms with Crippen molar-refractivity contribution >= 4 is 16.6 Å². The molecule has 0 saturated heterocycles. The van der Waals surface area contributed by atoms with Crippen molar-refractivity contribution in [2.45, 2.75) is 45.1 Å². The lowest BCUT2D eigenvalue weighted by atomic mass is 9.94. The Kier molecular flexibility index (Phi) is 4.34. The molecule has 2 aromatic rings. The van der Waals surface area contributed by atoms with Gasteiger partial charge in [0.2, 0.25) is 0 Å². The van der Waals surface area contributed by atoms with Gasteiger partial charge in [-0.1, -0.05) is 43.5 Å². The average Bonchev–Trinajstić information content (AvgIpc) is 2.55. The monoisotopic (exact) mass is 284 g/mol. The summed E-state index contributed by atoms with van der Waals surface area (Å²) in [6.07, 6.45) is 6.45. The maximum absolute atomic E-state index is 5.86. The number of fused-ring (bicyclic) bond motifs is 1. The quantitative estimate of drug-likeness (QED) is 0.937. The van der Waals surface area contributed by atoms with Crippen LogP contribution in [0.25, 0.3) is 10.8 Å². The Morgan fingerprint density at radius 2 is 1.81 bits per heavy atom. The van der Waals surface area contributed by atoms with E-state index in [1.807, 2.05) is 6.92 Å². The Bertz CT molecular complexity index is 605. The molecule has 0 spiro atoms. The van der Waals surface area contributed by atoms with E-state index in [1.165, 1.54) is 42.9 Å². The van der Waals surface area contributed by atoms with Gasteiger partial charge in [0.15, 0.2) is 5.82 Å². The van der Waals surface area contributed by atoms with Crippen molar-refractivity contribution in [1.82, 2.24) is 10.2 Å². The molecule has 3 rings (SSSR count). The molecule has 1 aliphatic carbocycles. The summed E-state index contributed by atoms with van der Waals surface area (Å²) in [6.45, 7) is 3.53. The van der Waals surface area contributed by atoms with Gasteiger partial charge < -0.3 is 10.6 Å². The molecule has 0 amide bonds. The minimum atomic E-state index is 0.558. The lowest BCUT2D eigenvalue weighted by molar-refractivity contribution is 0.414. The van der Waals surface area contributed by atoms with Gasteiger partial charge in [0, 0.05) is 29.9 Å². The molecule has 21 heavy (non-hydrogen) atoms. The van der Waals surface area contributed by atoms with Gasteiger partial charge in [-0.15, -0.1) is 5.10 Å². The van der Waals surface area contributed by atoms with E-state index in [9.17, 15) is 0 Å². The van der Waals surface area contributed by atoms with Crippen LogP contribution in [0, 0.1) is 6.92 Å². The summed E-state index contributed by atoms with van der Waals surface area (Å²) in [5, 5.41) is 11.3. The zero-order valence-corrected chi connectivity index (χ0v) is 12.8. The van der Waals surface area contributed by atoms with Crippen molar-refractivity contribution in [2.75, 3.05) is 18.0 Å². The number of rotatable bonds is 4. The zero-order valence-electron chi connectivity index (χ0n) is 12.8. The van der Waals surface area contributed by atoms with Crippen LogP contribution in [-0.4, -0.2) is 29.3 Å². The van der Waals surface area contributed by atoms with Crippen molar-refractivity contribution in [2.24, 2.45) is 5.73 Å². The van der Waals surface area contributed by atoms with Crippen molar-refractivity contribution < 1.29 is 0 Å². The minimum absolute atomic E-state index is 0.558. The second kappa shape index (κ2) is 6.39. The van der Waals surface area contributed by atoms with E-state index in [-0.39, 0.29) is 0 Å². The number of benzene rings is 1. The van der Waals surface area contributed by atoms with Gasteiger partial charge in [-0.05, 0) is 19.8 Å². The van der Waals surface area contributed by atoms with Gasteiger partial charge in [0.05, 0.1) is 5.69 Å². The maximum atomic E-state index is 5.86. The molecule has 112 valence electrons. The number of anilines is 1. The molecule has 0 radical (unpaired) electrons. The van der Waals surface area contributed by atoms with Gasteiger partial charge in [0.25, 0.3) is 0 Å². The predicted octanol–water partition coefficient (Wildman–Crippen LogP) is 3.04. The van der Waals surface area contributed by atoms with E-state index in [0.29, 0.717) is 12.6 Å². The first kappa shape index (κ1) is 14.3. The molecule has 4 heteroatoms. The van der Waals surface area contributed by atoms with Crippen LogP contribution >= 0.6 is 0 Å². The Balaban J connectivity index is 2.04. The third-order valence-electron chi connectivity index (χ3n) is 4.51. The van der Waals surface area contributed by atoms with Crippen LogP contribution in [-0.2, 0) is 0 Å². The molecule has 1 heterocycles. The summed E-state index contributed by atoms with van der Waals surface area (Å²) < 4.78 is 0. The summed E-state index contributed by atoms with van der Waals surface area (Å²) in [6, 6.07) is 8.98. The van der Waals surface area contributed by atoms with E-state index < -0.39 is 0 Å². The number of nitrogens with zero attached hydrogens (tertiary/aromatic N) is 3. The lowest BCUT2D eigenvalue weighted by Gasteiger charge is -2.35. The summed E-state index contributed by atoms with van der Waals surface area (Å²) in [5.74, 6) is 1.01. The summed E-state index contributed by atoms with van der Waals surface area (Å²) in [5.41, 5.74) is 6.85. The predicted molar refractivity (Wildman–Crippen MR) is 87.5 cm³/mol. The van der Waals surface area contributed by atoms with Gasteiger partial charge in [-0.3, -0.25) is 0 Å². The van der Waals surface area contributed by atoms with Crippen LogP contribution in [0.1, 0.15) is 37.8 Å². The molecule has 0 bridgehead atoms. The Morgan fingerprint density at radius 1 is 1.10 bits per heavy atom. The molecule has 1 aliphatic rings. The molecule has 2 N–H and O–H groups in total. The standard InChI is InChI=1S/C17H24N4/c1-13-15-9-5-6-10-16(15)17(20-19-13)21(12-11-18)14-7-3-2-4-8-14/h5-6,9-10,14H,2-4,7-8,11-12,18H2,1H3. The van der Waals surface area contributed by atoms with E-state index in [4.69, 9.17) is 5.73 Å². The van der Waals surface area contributed by atoms with E-state index in [1.54, 1.807) is 0 Å². The second-order valence-electron chi connectivity index (χ2n) is 5.93. The van der Waals surface area contributed by atoms with Gasteiger partial charge in [0.1, 0.15) is 0 Å². The molecule has 1 fully saturated rings. The Labute approximate surface area is 126 Å². The summed E-state index contributed by atoms with van der Waals surface area (Å²) in [4.78, 5) is 2.40. The van der Waals surface area contributed by atoms with E-state index in [2.05, 4.69) is 39.4 Å². The van der Waals surface area contributed by atoms with Crippen LogP contribution < -0.4 is 10.6 Å².